The number of benzene rings is 1. The molecule has 4 aromatic rings. The Kier molecular flexibility index (Phi) is 22.7. The van der Waals surface area contributed by atoms with Gasteiger partial charge >= 0.3 is 0 Å². The zero-order valence-electron chi connectivity index (χ0n) is 42.9. The van der Waals surface area contributed by atoms with Crippen LogP contribution in [0.5, 0.6) is 5.75 Å². The second-order valence-electron chi connectivity index (χ2n) is 19.2. The highest BCUT2D eigenvalue weighted by molar-refractivity contribution is 5.81. The van der Waals surface area contributed by atoms with Crippen molar-refractivity contribution >= 4 is 29.7 Å². The van der Waals surface area contributed by atoms with Crippen molar-refractivity contribution in [3.8, 4) is 18.1 Å². The SMILES string of the molecule is C#CCOCCOCCOCCNc1nc(N2CCN(C(=O)[C@H]([C@@H](C)CC)n3cc([C@@H](N)CC(C)C)nn3)CC2)nc(N2CCN(C(=O)[C@H](Cc3ccc(O)cc3)n3cc([C@@H](N)CC(C)C)nn3)CC2)n1.[Cl-]. The summed E-state index contributed by atoms with van der Waals surface area (Å²) >= 11 is 0. The number of phenolic OH excluding ortho intramolecular Hbond substituents is 1. The summed E-state index contributed by atoms with van der Waals surface area (Å²) in [6.45, 7) is 19.0. The lowest BCUT2D eigenvalue weighted by molar-refractivity contribution is -0.137. The normalized spacial score (nSPS) is 16.3. The number of terminal acetylenes is 1. The lowest BCUT2D eigenvalue weighted by Gasteiger charge is -2.38. The number of hydrogen-bond donors (Lipinski definition) is 4. The number of ether oxygens (including phenoxy) is 3. The molecule has 5 heterocycles. The zero-order valence-corrected chi connectivity index (χ0v) is 43.6. The van der Waals surface area contributed by atoms with Crippen LogP contribution in [-0.2, 0) is 30.2 Å². The van der Waals surface area contributed by atoms with Gasteiger partial charge in [0.2, 0.25) is 29.7 Å². The number of hydrogen-bond acceptors (Lipinski definition) is 18. The van der Waals surface area contributed by atoms with Crippen molar-refractivity contribution in [1.29, 1.82) is 0 Å². The van der Waals surface area contributed by atoms with Crippen molar-refractivity contribution < 1.29 is 41.3 Å². The number of anilines is 3. The molecular formula is C49H76ClN16O6-. The van der Waals surface area contributed by atoms with Gasteiger partial charge in [0.05, 0.1) is 68.9 Å². The van der Waals surface area contributed by atoms with Crippen molar-refractivity contribution in [2.24, 2.45) is 29.2 Å². The molecule has 2 aliphatic heterocycles. The number of aromatic nitrogens is 9. The summed E-state index contributed by atoms with van der Waals surface area (Å²) < 4.78 is 19.9. The molecule has 2 amide bonds. The number of nitrogens with zero attached hydrogens (tertiary/aromatic N) is 13. The van der Waals surface area contributed by atoms with Gasteiger partial charge in [-0.15, -0.1) is 16.6 Å². The number of carbonyl (C=O) groups is 2. The molecular weight excluding hydrogens is 944 g/mol. The van der Waals surface area contributed by atoms with E-state index in [1.54, 1.807) is 27.7 Å². The first-order valence-electron chi connectivity index (χ1n) is 25.1. The van der Waals surface area contributed by atoms with Crippen LogP contribution in [0.25, 0.3) is 0 Å². The molecule has 3 aromatic heterocycles. The van der Waals surface area contributed by atoms with E-state index in [-0.39, 0.29) is 54.6 Å². The first-order chi connectivity index (χ1) is 34.2. The Balaban J connectivity index is 0.00000963. The van der Waals surface area contributed by atoms with E-state index in [1.807, 2.05) is 28.1 Å². The Morgan fingerprint density at radius 2 is 1.22 bits per heavy atom. The van der Waals surface area contributed by atoms with E-state index in [0.29, 0.717) is 139 Å². The molecule has 2 aliphatic rings. The van der Waals surface area contributed by atoms with Crippen LogP contribution in [0.3, 0.4) is 0 Å². The number of aromatic hydroxyl groups is 1. The summed E-state index contributed by atoms with van der Waals surface area (Å²) in [5.74, 6) is 4.58. The predicted molar refractivity (Wildman–Crippen MR) is 269 cm³/mol. The molecule has 0 spiro atoms. The van der Waals surface area contributed by atoms with Gasteiger partial charge in [0, 0.05) is 65.3 Å². The standard InChI is InChI=1S/C49H76N16O6.ClH/c1-8-23-69-25-27-71-28-26-70-24-14-52-47-53-48(55-49(54-47)63-21-17-61(18-22-63)46(68)44(36(7)9-2)65-33-42(57-59-65)40(51)30-35(5)6)62-19-15-60(16-20-62)45(67)43(31-37-10-12-38(66)13-11-37)64-32-41(56-58-64)39(50)29-34(3)4;/h1,10-13,32-36,39-40,43-44,66H,9,14-31,50-51H2,2-7H3,(H,52,53,54,55);1H/p-1/t36-,39-,40-,43-,44-;/m0./s1. The minimum atomic E-state index is -0.687. The summed E-state index contributed by atoms with van der Waals surface area (Å²) in [5, 5.41) is 30.9. The first-order valence-corrected chi connectivity index (χ1v) is 25.1. The Morgan fingerprint density at radius 3 is 1.75 bits per heavy atom. The molecule has 0 saturated carbocycles. The van der Waals surface area contributed by atoms with E-state index >= 15 is 0 Å². The molecule has 1 aromatic carbocycles. The zero-order chi connectivity index (χ0) is 50.9. The van der Waals surface area contributed by atoms with Crippen LogP contribution in [-0.4, -0.2) is 170 Å². The topological polar surface area (TPSA) is 259 Å². The van der Waals surface area contributed by atoms with Crippen molar-refractivity contribution in [2.45, 2.75) is 91.4 Å². The third-order valence-corrected chi connectivity index (χ3v) is 12.8. The fourth-order valence-electron chi connectivity index (χ4n) is 8.63. The van der Waals surface area contributed by atoms with Gasteiger partial charge < -0.3 is 68.1 Å². The third-order valence-electron chi connectivity index (χ3n) is 12.8. The Hall–Kier alpha value is -5.70. The van der Waals surface area contributed by atoms with Gasteiger partial charge in [-0.3, -0.25) is 9.59 Å². The number of rotatable bonds is 27. The van der Waals surface area contributed by atoms with E-state index in [0.717, 1.165) is 24.8 Å². The van der Waals surface area contributed by atoms with Crippen molar-refractivity contribution in [2.75, 3.05) is 114 Å². The molecule has 5 atom stereocenters. The van der Waals surface area contributed by atoms with Crippen LogP contribution in [0.2, 0.25) is 0 Å². The van der Waals surface area contributed by atoms with Crippen LogP contribution < -0.4 is 39.0 Å². The van der Waals surface area contributed by atoms with E-state index in [1.165, 1.54) is 0 Å². The number of piperazine rings is 2. The lowest BCUT2D eigenvalue weighted by atomic mass is 9.97. The Bertz CT molecular complexity index is 2290. The van der Waals surface area contributed by atoms with E-state index in [2.05, 4.69) is 83.2 Å². The van der Waals surface area contributed by atoms with Crippen LogP contribution >= 0.6 is 0 Å². The average molecular weight is 1020 g/mol. The number of nitrogens with one attached hydrogen (secondary N) is 1. The summed E-state index contributed by atoms with van der Waals surface area (Å²) in [6, 6.07) is 5.07. The third kappa shape index (κ3) is 16.4. The highest BCUT2D eigenvalue weighted by atomic mass is 35.5. The van der Waals surface area contributed by atoms with E-state index in [4.69, 9.17) is 47.1 Å². The van der Waals surface area contributed by atoms with Gasteiger partial charge in [0.1, 0.15) is 24.4 Å². The van der Waals surface area contributed by atoms with Gasteiger partial charge in [-0.25, -0.2) is 9.36 Å². The molecule has 2 saturated heterocycles. The Morgan fingerprint density at radius 1 is 0.722 bits per heavy atom. The molecule has 0 radical (unpaired) electrons. The van der Waals surface area contributed by atoms with Crippen LogP contribution in [0.4, 0.5) is 17.8 Å². The van der Waals surface area contributed by atoms with Gasteiger partial charge in [-0.05, 0) is 48.3 Å². The molecule has 72 heavy (non-hydrogen) atoms. The maximum absolute atomic E-state index is 14.5. The molecule has 396 valence electrons. The minimum absolute atomic E-state index is 0. The smallest absolute Gasteiger partial charge is 0.247 e. The fourth-order valence-corrected chi connectivity index (χ4v) is 8.63. The highest BCUT2D eigenvalue weighted by Crippen LogP contribution is 2.28. The molecule has 6 N–H and O–H groups in total. The van der Waals surface area contributed by atoms with Gasteiger partial charge in [0.25, 0.3) is 0 Å². The Labute approximate surface area is 430 Å². The second kappa shape index (κ2) is 28.5. The summed E-state index contributed by atoms with van der Waals surface area (Å²) in [6.07, 6.45) is 11.5. The summed E-state index contributed by atoms with van der Waals surface area (Å²) in [4.78, 5) is 51.4. The average Bonchev–Trinajstić information content (AvgIpc) is 4.07. The monoisotopic (exact) mass is 1020 g/mol. The first kappa shape index (κ1) is 57.2. The van der Waals surface area contributed by atoms with Crippen molar-refractivity contribution in [3.05, 3.63) is 53.6 Å². The van der Waals surface area contributed by atoms with Crippen LogP contribution in [0.15, 0.2) is 36.7 Å². The molecule has 0 unspecified atom stereocenters. The molecule has 0 aliphatic carbocycles. The molecule has 0 bridgehead atoms. The number of phenols is 1. The minimum Gasteiger partial charge on any atom is -1.00 e. The number of nitrogens with two attached hydrogens (primary N) is 2. The molecule has 22 nitrogen and oxygen atoms in total. The second-order valence-corrected chi connectivity index (χ2v) is 19.2. The van der Waals surface area contributed by atoms with Gasteiger partial charge in [0.15, 0.2) is 0 Å². The van der Waals surface area contributed by atoms with Crippen LogP contribution in [0.1, 0.15) is 102 Å². The lowest BCUT2D eigenvalue weighted by Crippen LogP contribution is -3.00. The molecule has 23 heteroatoms. The van der Waals surface area contributed by atoms with E-state index in [9.17, 15) is 14.7 Å². The fraction of sp³-hybridized carbons (Fsp3) is 0.653. The number of halogens is 1. The van der Waals surface area contributed by atoms with E-state index < -0.39 is 12.1 Å². The number of carbonyl (C=O) groups excluding carboxylic acids is 2. The van der Waals surface area contributed by atoms with Gasteiger partial charge in [-0.1, -0.05) is 76.4 Å². The summed E-state index contributed by atoms with van der Waals surface area (Å²) in [5.41, 5.74) is 15.1. The maximum Gasteiger partial charge on any atom is 0.247 e. The maximum atomic E-state index is 14.5. The highest BCUT2D eigenvalue weighted by Gasteiger charge is 2.35. The quantitative estimate of drug-likeness (QED) is 0.0454. The number of amides is 2. The van der Waals surface area contributed by atoms with Gasteiger partial charge in [-0.2, -0.15) is 15.0 Å². The predicted octanol–water partition coefficient (Wildman–Crippen LogP) is 0.0195. The van der Waals surface area contributed by atoms with Crippen molar-refractivity contribution in [1.82, 2.24) is 54.7 Å². The summed E-state index contributed by atoms with van der Waals surface area (Å²) in [7, 11) is 0. The molecule has 2 fully saturated rings. The molecule has 6 rings (SSSR count). The largest absolute Gasteiger partial charge is 1.00 e. The van der Waals surface area contributed by atoms with Crippen LogP contribution in [0, 0.1) is 30.1 Å². The van der Waals surface area contributed by atoms with Crippen molar-refractivity contribution in [3.63, 3.8) is 0 Å².